The van der Waals surface area contributed by atoms with E-state index < -0.39 is 5.41 Å². The van der Waals surface area contributed by atoms with Gasteiger partial charge in [0.15, 0.2) is 0 Å². The van der Waals surface area contributed by atoms with Crippen molar-refractivity contribution in [3.63, 3.8) is 0 Å². The maximum Gasteiger partial charge on any atom is 0.302 e. The molecule has 1 atom stereocenters. The van der Waals surface area contributed by atoms with Crippen molar-refractivity contribution in [2.24, 2.45) is 5.41 Å². The first-order chi connectivity index (χ1) is 10.5. The van der Waals surface area contributed by atoms with E-state index in [0.717, 1.165) is 10.9 Å². The summed E-state index contributed by atoms with van der Waals surface area (Å²) in [5, 5.41) is 3.86. The molecule has 0 saturated carbocycles. The first-order valence-corrected chi connectivity index (χ1v) is 7.25. The van der Waals surface area contributed by atoms with Crippen LogP contribution >= 0.6 is 0 Å². The van der Waals surface area contributed by atoms with Crippen LogP contribution in [0, 0.1) is 5.41 Å². The van der Waals surface area contributed by atoms with E-state index in [1.54, 1.807) is 13.1 Å². The number of ether oxygens (including phenoxy) is 1. The standard InChI is InChI=1S/C17H20N2O3/c1-4-17(3,11-22-12(2)20)16(21)19-14-9-5-7-13-8-6-10-18-15(13)14/h5-10H,4,11H2,1-3H3,(H,19,21). The molecular weight excluding hydrogens is 280 g/mol. The van der Waals surface area contributed by atoms with Crippen molar-refractivity contribution < 1.29 is 14.3 Å². The molecule has 116 valence electrons. The van der Waals surface area contributed by atoms with E-state index in [1.807, 2.05) is 37.3 Å². The number of aromatic nitrogens is 1. The van der Waals surface area contributed by atoms with E-state index in [1.165, 1.54) is 6.92 Å². The molecule has 0 saturated heterocycles. The van der Waals surface area contributed by atoms with Crippen molar-refractivity contribution >= 4 is 28.5 Å². The Labute approximate surface area is 129 Å². The number of nitrogens with zero attached hydrogens (tertiary/aromatic N) is 1. The number of hydrogen-bond donors (Lipinski definition) is 1. The Hall–Kier alpha value is -2.43. The van der Waals surface area contributed by atoms with Crippen LogP contribution in [0.15, 0.2) is 36.5 Å². The first-order valence-electron chi connectivity index (χ1n) is 7.25. The van der Waals surface area contributed by atoms with Crippen molar-refractivity contribution in [1.29, 1.82) is 0 Å². The van der Waals surface area contributed by atoms with Crippen LogP contribution in [0.25, 0.3) is 10.9 Å². The number of fused-ring (bicyclic) bond motifs is 1. The Morgan fingerprint density at radius 3 is 2.68 bits per heavy atom. The van der Waals surface area contributed by atoms with Gasteiger partial charge in [-0.05, 0) is 25.5 Å². The van der Waals surface area contributed by atoms with Crippen LogP contribution in [0.5, 0.6) is 0 Å². The molecule has 2 aromatic rings. The zero-order valence-electron chi connectivity index (χ0n) is 13.1. The minimum Gasteiger partial charge on any atom is -0.465 e. The molecule has 0 aliphatic rings. The number of nitrogens with one attached hydrogen (secondary N) is 1. The van der Waals surface area contributed by atoms with Gasteiger partial charge < -0.3 is 10.1 Å². The van der Waals surface area contributed by atoms with Gasteiger partial charge in [0.1, 0.15) is 6.61 Å². The van der Waals surface area contributed by atoms with E-state index in [2.05, 4.69) is 10.3 Å². The zero-order valence-corrected chi connectivity index (χ0v) is 13.1. The molecule has 1 unspecified atom stereocenters. The van der Waals surface area contributed by atoms with Gasteiger partial charge in [-0.25, -0.2) is 0 Å². The highest BCUT2D eigenvalue weighted by Crippen LogP contribution is 2.27. The lowest BCUT2D eigenvalue weighted by molar-refractivity contribution is -0.146. The molecule has 1 heterocycles. The Morgan fingerprint density at radius 2 is 2.00 bits per heavy atom. The normalized spacial score (nSPS) is 13.4. The fraction of sp³-hybridized carbons (Fsp3) is 0.353. The van der Waals surface area contributed by atoms with E-state index in [9.17, 15) is 9.59 Å². The Kier molecular flexibility index (Phi) is 4.75. The van der Waals surface area contributed by atoms with Gasteiger partial charge >= 0.3 is 5.97 Å². The molecule has 0 spiro atoms. The molecule has 0 aliphatic heterocycles. The number of carbonyl (C=O) groups excluding carboxylic acids is 2. The average Bonchev–Trinajstić information content (AvgIpc) is 2.53. The number of esters is 1. The fourth-order valence-corrected chi connectivity index (χ4v) is 2.07. The van der Waals surface area contributed by atoms with Crippen molar-refractivity contribution in [1.82, 2.24) is 4.98 Å². The topological polar surface area (TPSA) is 68.3 Å². The molecule has 0 bridgehead atoms. The lowest BCUT2D eigenvalue weighted by atomic mass is 9.87. The number of rotatable bonds is 5. The third-order valence-corrected chi connectivity index (χ3v) is 3.80. The zero-order chi connectivity index (χ0) is 16.2. The van der Waals surface area contributed by atoms with Crippen molar-refractivity contribution in [2.75, 3.05) is 11.9 Å². The summed E-state index contributed by atoms with van der Waals surface area (Å²) in [6.07, 6.45) is 2.25. The molecule has 1 aromatic carbocycles. The monoisotopic (exact) mass is 300 g/mol. The summed E-state index contributed by atoms with van der Waals surface area (Å²) in [7, 11) is 0. The minimum absolute atomic E-state index is 0.0584. The maximum atomic E-state index is 12.6. The predicted molar refractivity (Wildman–Crippen MR) is 85.4 cm³/mol. The number of pyridine rings is 1. The number of hydrogen-bond acceptors (Lipinski definition) is 4. The van der Waals surface area contributed by atoms with E-state index in [-0.39, 0.29) is 18.5 Å². The van der Waals surface area contributed by atoms with Gasteiger partial charge in [-0.1, -0.05) is 25.1 Å². The molecule has 5 nitrogen and oxygen atoms in total. The van der Waals surface area contributed by atoms with Crippen molar-refractivity contribution in [2.45, 2.75) is 27.2 Å². The van der Waals surface area contributed by atoms with Crippen LogP contribution in [0.1, 0.15) is 27.2 Å². The molecule has 1 N–H and O–H groups in total. The number of amides is 1. The van der Waals surface area contributed by atoms with Crippen LogP contribution in [0.3, 0.4) is 0 Å². The molecule has 1 amide bonds. The third-order valence-electron chi connectivity index (χ3n) is 3.80. The third kappa shape index (κ3) is 3.42. The van der Waals surface area contributed by atoms with Crippen molar-refractivity contribution in [3.05, 3.63) is 36.5 Å². The summed E-state index contributed by atoms with van der Waals surface area (Å²) in [6, 6.07) is 9.42. The van der Waals surface area contributed by atoms with Crippen molar-refractivity contribution in [3.8, 4) is 0 Å². The van der Waals surface area contributed by atoms with Gasteiger partial charge in [-0.3, -0.25) is 14.6 Å². The highest BCUT2D eigenvalue weighted by atomic mass is 16.5. The SMILES string of the molecule is CCC(C)(COC(C)=O)C(=O)Nc1cccc2cccnc12. The van der Waals surface area contributed by atoms with Gasteiger partial charge in [0.25, 0.3) is 0 Å². The Bertz CT molecular complexity index is 694. The summed E-state index contributed by atoms with van der Waals surface area (Å²) in [4.78, 5) is 27.9. The lowest BCUT2D eigenvalue weighted by Gasteiger charge is -2.26. The van der Waals surface area contributed by atoms with Gasteiger partial charge in [0, 0.05) is 18.5 Å². The Morgan fingerprint density at radius 1 is 1.27 bits per heavy atom. The molecule has 1 aromatic heterocycles. The predicted octanol–water partition coefficient (Wildman–Crippen LogP) is 3.15. The van der Waals surface area contributed by atoms with Crippen LogP contribution in [0.4, 0.5) is 5.69 Å². The second-order valence-corrected chi connectivity index (χ2v) is 5.53. The molecule has 22 heavy (non-hydrogen) atoms. The summed E-state index contributed by atoms with van der Waals surface area (Å²) in [5.74, 6) is -0.575. The molecule has 2 rings (SSSR count). The summed E-state index contributed by atoms with van der Waals surface area (Å²) >= 11 is 0. The van der Waals surface area contributed by atoms with Crippen LogP contribution in [-0.2, 0) is 14.3 Å². The van der Waals surface area contributed by atoms with Crippen LogP contribution in [0.2, 0.25) is 0 Å². The highest BCUT2D eigenvalue weighted by Gasteiger charge is 2.33. The lowest BCUT2D eigenvalue weighted by Crippen LogP contribution is -2.37. The molecule has 0 radical (unpaired) electrons. The minimum atomic E-state index is -0.775. The molecule has 0 aliphatic carbocycles. The molecular formula is C17H20N2O3. The quantitative estimate of drug-likeness (QED) is 0.861. The smallest absolute Gasteiger partial charge is 0.302 e. The number of para-hydroxylation sites is 1. The van der Waals surface area contributed by atoms with Crippen LogP contribution < -0.4 is 5.32 Å². The fourth-order valence-electron chi connectivity index (χ4n) is 2.07. The van der Waals surface area contributed by atoms with Gasteiger partial charge in [0.2, 0.25) is 5.91 Å². The second-order valence-electron chi connectivity index (χ2n) is 5.53. The van der Waals surface area contributed by atoms with Crippen LogP contribution in [-0.4, -0.2) is 23.5 Å². The summed E-state index contributed by atoms with van der Waals surface area (Å²) in [6.45, 7) is 5.07. The highest BCUT2D eigenvalue weighted by molar-refractivity contribution is 6.02. The summed E-state index contributed by atoms with van der Waals surface area (Å²) < 4.78 is 5.03. The van der Waals surface area contributed by atoms with E-state index in [0.29, 0.717) is 12.1 Å². The van der Waals surface area contributed by atoms with Gasteiger partial charge in [0.05, 0.1) is 16.6 Å². The Balaban J connectivity index is 2.23. The second kappa shape index (κ2) is 6.56. The number of benzene rings is 1. The largest absolute Gasteiger partial charge is 0.465 e. The molecule has 0 fully saturated rings. The summed E-state index contributed by atoms with van der Waals surface area (Å²) in [5.41, 5.74) is 0.623. The number of anilines is 1. The number of carbonyl (C=O) groups is 2. The first kappa shape index (κ1) is 15.9. The van der Waals surface area contributed by atoms with E-state index >= 15 is 0 Å². The molecule has 5 heteroatoms. The van der Waals surface area contributed by atoms with Gasteiger partial charge in [-0.15, -0.1) is 0 Å². The average molecular weight is 300 g/mol. The van der Waals surface area contributed by atoms with E-state index in [4.69, 9.17) is 4.74 Å². The van der Waals surface area contributed by atoms with Gasteiger partial charge in [-0.2, -0.15) is 0 Å². The maximum absolute atomic E-state index is 12.6.